The molecule has 5 nitrogen and oxygen atoms in total. The Morgan fingerprint density at radius 1 is 1.10 bits per heavy atom. The molecule has 2 heterocycles. The lowest BCUT2D eigenvalue weighted by Gasteiger charge is -2.30. The fourth-order valence-corrected chi connectivity index (χ4v) is 4.05. The summed E-state index contributed by atoms with van der Waals surface area (Å²) >= 11 is 3.43. The minimum absolute atomic E-state index is 0.256. The summed E-state index contributed by atoms with van der Waals surface area (Å²) < 4.78 is 0. The molecule has 2 aliphatic rings. The summed E-state index contributed by atoms with van der Waals surface area (Å²) in [5.74, 6) is 7.70. The Labute approximate surface area is 176 Å². The lowest BCUT2D eigenvalue weighted by molar-refractivity contribution is -0.136. The maximum Gasteiger partial charge on any atom is 0.249 e. The Morgan fingerprint density at radius 2 is 1.90 bits per heavy atom. The van der Waals surface area contributed by atoms with Gasteiger partial charge in [-0.1, -0.05) is 52.0 Å². The molecule has 0 saturated carbocycles. The average Bonchev–Trinajstić information content (AvgIpc) is 3.11. The van der Waals surface area contributed by atoms with Crippen LogP contribution in [0.4, 0.5) is 0 Å². The third-order valence-corrected chi connectivity index (χ3v) is 5.83. The summed E-state index contributed by atoms with van der Waals surface area (Å²) in [7, 11) is 0. The summed E-state index contributed by atoms with van der Waals surface area (Å²) in [6, 6.07) is 13.0. The van der Waals surface area contributed by atoms with E-state index in [0.29, 0.717) is 18.7 Å². The topological polar surface area (TPSA) is 66.5 Å². The molecule has 1 fully saturated rings. The fourth-order valence-electron chi connectivity index (χ4n) is 3.68. The Morgan fingerprint density at radius 3 is 2.59 bits per heavy atom. The van der Waals surface area contributed by atoms with Crippen molar-refractivity contribution in [3.8, 4) is 11.8 Å². The number of carbonyl (C=O) groups excluding carboxylic acids is 3. The quantitative estimate of drug-likeness (QED) is 0.332. The zero-order valence-corrected chi connectivity index (χ0v) is 17.1. The van der Waals surface area contributed by atoms with Crippen LogP contribution >= 0.6 is 15.9 Å². The number of nitrogens with zero attached hydrogens (tertiary/aromatic N) is 1. The molecule has 0 aromatic heterocycles. The van der Waals surface area contributed by atoms with E-state index in [4.69, 9.17) is 0 Å². The minimum Gasteiger partial charge on any atom is -0.346 e. The molecule has 1 atom stereocenters. The molecule has 1 N–H and O–H groups in total. The highest BCUT2D eigenvalue weighted by molar-refractivity contribution is 9.08. The van der Waals surface area contributed by atoms with E-state index in [-0.39, 0.29) is 18.2 Å². The van der Waals surface area contributed by atoms with Crippen LogP contribution in [-0.4, -0.2) is 28.7 Å². The van der Waals surface area contributed by atoms with Gasteiger partial charge in [0, 0.05) is 35.0 Å². The predicted molar refractivity (Wildman–Crippen MR) is 112 cm³/mol. The van der Waals surface area contributed by atoms with Crippen molar-refractivity contribution in [1.82, 2.24) is 10.2 Å². The molecule has 2 aliphatic heterocycles. The van der Waals surface area contributed by atoms with E-state index in [9.17, 15) is 14.4 Å². The molecule has 2 amide bonds. The first-order valence-electron chi connectivity index (χ1n) is 9.25. The number of amides is 2. The number of nitrogens with one attached hydrogen (secondary N) is 1. The Kier molecular flexibility index (Phi) is 5.35. The standard InChI is InChI=1S/C23H17BrN2O3/c24-12-16-6-4-15(5-7-16)8-9-17-2-1-3-18-19(17)13-26(21(18)14-27)20-10-11-22(28)25-23(20)29/h1-7,20H,10-13H2,(H,25,28,29). The average molecular weight is 449 g/mol. The van der Waals surface area contributed by atoms with Crippen molar-refractivity contribution in [2.45, 2.75) is 30.8 Å². The highest BCUT2D eigenvalue weighted by Gasteiger charge is 2.38. The van der Waals surface area contributed by atoms with Crippen molar-refractivity contribution < 1.29 is 14.4 Å². The van der Waals surface area contributed by atoms with E-state index in [1.165, 1.54) is 5.56 Å². The maximum atomic E-state index is 12.3. The number of carbonyl (C=O) groups is 2. The lowest BCUT2D eigenvalue weighted by atomic mass is 10.0. The lowest BCUT2D eigenvalue weighted by Crippen LogP contribution is -2.50. The van der Waals surface area contributed by atoms with Crippen molar-refractivity contribution in [3.63, 3.8) is 0 Å². The second-order valence-corrected chi connectivity index (χ2v) is 7.52. The van der Waals surface area contributed by atoms with E-state index < -0.39 is 6.04 Å². The molecule has 0 bridgehead atoms. The number of piperidine rings is 1. The zero-order chi connectivity index (χ0) is 20.4. The largest absolute Gasteiger partial charge is 0.346 e. The number of imide groups is 1. The van der Waals surface area contributed by atoms with Gasteiger partial charge in [-0.15, -0.1) is 0 Å². The highest BCUT2D eigenvalue weighted by atomic mass is 79.9. The van der Waals surface area contributed by atoms with Gasteiger partial charge in [0.25, 0.3) is 0 Å². The Balaban J connectivity index is 1.65. The van der Waals surface area contributed by atoms with E-state index >= 15 is 0 Å². The highest BCUT2D eigenvalue weighted by Crippen LogP contribution is 2.36. The molecule has 0 spiro atoms. The smallest absolute Gasteiger partial charge is 0.249 e. The SMILES string of the molecule is O=C=C1c2cccc(C#Cc3ccc(CBr)cc3)c2CN1C1CCC(=O)NC1=O. The van der Waals surface area contributed by atoms with Gasteiger partial charge in [0.15, 0.2) is 5.94 Å². The van der Waals surface area contributed by atoms with Crippen LogP contribution in [0.5, 0.6) is 0 Å². The normalized spacial score (nSPS) is 17.9. The molecule has 0 radical (unpaired) electrons. The van der Waals surface area contributed by atoms with Crippen LogP contribution in [0.3, 0.4) is 0 Å². The zero-order valence-electron chi connectivity index (χ0n) is 15.5. The van der Waals surface area contributed by atoms with Crippen molar-refractivity contribution in [2.75, 3.05) is 0 Å². The predicted octanol–water partition coefficient (Wildman–Crippen LogP) is 2.77. The van der Waals surface area contributed by atoms with Gasteiger partial charge in [-0.25, -0.2) is 4.79 Å². The van der Waals surface area contributed by atoms with Crippen LogP contribution in [-0.2, 0) is 26.3 Å². The molecule has 0 aliphatic carbocycles. The summed E-state index contributed by atoms with van der Waals surface area (Å²) in [6.07, 6.45) is 0.636. The molecule has 1 saturated heterocycles. The molecule has 1 unspecified atom stereocenters. The van der Waals surface area contributed by atoms with Gasteiger partial charge in [-0.3, -0.25) is 14.9 Å². The van der Waals surface area contributed by atoms with Crippen molar-refractivity contribution in [3.05, 3.63) is 70.3 Å². The van der Waals surface area contributed by atoms with Crippen LogP contribution in [0.1, 0.15) is 40.7 Å². The number of hydrogen-bond donors (Lipinski definition) is 1. The van der Waals surface area contributed by atoms with E-state index in [2.05, 4.69) is 33.1 Å². The summed E-state index contributed by atoms with van der Waals surface area (Å²) in [5.41, 5.74) is 4.89. The number of benzene rings is 2. The van der Waals surface area contributed by atoms with Crippen LogP contribution < -0.4 is 5.32 Å². The molecule has 2 aromatic rings. The van der Waals surface area contributed by atoms with Gasteiger partial charge in [-0.05, 0) is 35.7 Å². The molecule has 6 heteroatoms. The van der Waals surface area contributed by atoms with Crippen LogP contribution in [0.25, 0.3) is 5.70 Å². The third-order valence-electron chi connectivity index (χ3n) is 5.18. The van der Waals surface area contributed by atoms with Gasteiger partial charge < -0.3 is 4.90 Å². The fraction of sp³-hybridized carbons (Fsp3) is 0.217. The first-order valence-corrected chi connectivity index (χ1v) is 10.4. The van der Waals surface area contributed by atoms with Gasteiger partial charge in [-0.2, -0.15) is 0 Å². The van der Waals surface area contributed by atoms with E-state index in [1.807, 2.05) is 48.4 Å². The maximum absolute atomic E-state index is 12.3. The minimum atomic E-state index is -0.561. The number of rotatable bonds is 2. The molecule has 2 aromatic carbocycles. The van der Waals surface area contributed by atoms with Gasteiger partial charge in [0.2, 0.25) is 11.8 Å². The third kappa shape index (κ3) is 3.75. The van der Waals surface area contributed by atoms with Crippen LogP contribution in [0, 0.1) is 11.8 Å². The van der Waals surface area contributed by atoms with Gasteiger partial charge in [0.05, 0.1) is 0 Å². The molecule has 29 heavy (non-hydrogen) atoms. The molecular weight excluding hydrogens is 432 g/mol. The number of fused-ring (bicyclic) bond motifs is 1. The molecule has 144 valence electrons. The Hall–Kier alpha value is -3.13. The van der Waals surface area contributed by atoms with E-state index in [0.717, 1.165) is 27.6 Å². The molecular formula is C23H17BrN2O3. The first-order chi connectivity index (χ1) is 14.1. The Bertz CT molecular complexity index is 1110. The number of alkyl halides is 1. The van der Waals surface area contributed by atoms with Gasteiger partial charge in [0.1, 0.15) is 11.7 Å². The van der Waals surface area contributed by atoms with Crippen LogP contribution in [0.15, 0.2) is 42.5 Å². The monoisotopic (exact) mass is 448 g/mol. The second-order valence-electron chi connectivity index (χ2n) is 6.96. The molecule has 4 rings (SSSR count). The van der Waals surface area contributed by atoms with E-state index in [1.54, 1.807) is 4.90 Å². The summed E-state index contributed by atoms with van der Waals surface area (Å²) in [5, 5.41) is 3.15. The van der Waals surface area contributed by atoms with Crippen LogP contribution in [0.2, 0.25) is 0 Å². The summed E-state index contributed by atoms with van der Waals surface area (Å²) in [6.45, 7) is 0.388. The van der Waals surface area contributed by atoms with Crippen molar-refractivity contribution in [2.24, 2.45) is 0 Å². The first kappa shape index (κ1) is 19.2. The van der Waals surface area contributed by atoms with Crippen molar-refractivity contribution in [1.29, 1.82) is 0 Å². The van der Waals surface area contributed by atoms with Crippen molar-refractivity contribution >= 4 is 39.4 Å². The summed E-state index contributed by atoms with van der Waals surface area (Å²) in [4.78, 5) is 37.2. The van der Waals surface area contributed by atoms with Gasteiger partial charge >= 0.3 is 0 Å². The number of hydrogen-bond acceptors (Lipinski definition) is 4. The second kappa shape index (κ2) is 8.08. The number of halogens is 1.